The number of nitrogens with zero attached hydrogens (tertiary/aromatic N) is 1. The van der Waals surface area contributed by atoms with Crippen LogP contribution in [-0.4, -0.2) is 79.8 Å². The summed E-state index contributed by atoms with van der Waals surface area (Å²) in [7, 11) is 3.27. The Bertz CT molecular complexity index is 1140. The molecule has 0 radical (unpaired) electrons. The van der Waals surface area contributed by atoms with E-state index in [4.69, 9.17) is 24.7 Å². The maximum Gasteiger partial charge on any atom is 0.409 e. The highest BCUT2D eigenvalue weighted by atomic mass is 16.6. The lowest BCUT2D eigenvalue weighted by molar-refractivity contribution is -0.131. The quantitative estimate of drug-likeness (QED) is 0.189. The number of carboxylic acid groups (broad SMARTS) is 1. The minimum Gasteiger partial charge on any atom is -0.493 e. The van der Waals surface area contributed by atoms with Crippen molar-refractivity contribution in [3.63, 3.8) is 0 Å². The lowest BCUT2D eigenvalue weighted by Gasteiger charge is -2.34. The van der Waals surface area contributed by atoms with Crippen LogP contribution in [0, 0.1) is 29.1 Å². The second-order valence-electron chi connectivity index (χ2n) is 14.0. The van der Waals surface area contributed by atoms with Crippen molar-refractivity contribution < 1.29 is 38.4 Å². The van der Waals surface area contributed by atoms with Gasteiger partial charge in [-0.15, -0.1) is 0 Å². The van der Waals surface area contributed by atoms with Gasteiger partial charge in [-0.1, -0.05) is 33.8 Å². The zero-order valence-corrected chi connectivity index (χ0v) is 29.0. The first kappa shape index (κ1) is 38.1. The van der Waals surface area contributed by atoms with Crippen LogP contribution in [-0.2, 0) is 25.5 Å². The Morgan fingerprint density at radius 1 is 1.07 bits per heavy atom. The van der Waals surface area contributed by atoms with Gasteiger partial charge in [0.15, 0.2) is 11.5 Å². The van der Waals surface area contributed by atoms with E-state index in [1.54, 1.807) is 41.9 Å². The summed E-state index contributed by atoms with van der Waals surface area (Å²) in [4.78, 5) is 39.3. The van der Waals surface area contributed by atoms with E-state index in [9.17, 15) is 19.5 Å². The molecule has 45 heavy (non-hydrogen) atoms. The van der Waals surface area contributed by atoms with E-state index >= 15 is 0 Å². The topological polar surface area (TPSA) is 150 Å². The summed E-state index contributed by atoms with van der Waals surface area (Å²) < 4.78 is 23.1. The van der Waals surface area contributed by atoms with E-state index in [1.165, 1.54) is 4.90 Å². The molecular formula is C34H57N3O8. The van der Waals surface area contributed by atoms with Gasteiger partial charge in [0.1, 0.15) is 5.72 Å². The molecule has 11 heteroatoms. The SMILES string of the molecule is COCCCOc1cc(C[C@H](CC2C(CC(C(=O)NCC(C)(C)C(N)=O)C(C)C)OC(C)(C)N2C(=O)O)C(C)C)ccc1OC. The lowest BCUT2D eigenvalue weighted by Crippen LogP contribution is -2.49. The summed E-state index contributed by atoms with van der Waals surface area (Å²) in [5, 5.41) is 13.3. The normalized spacial score (nSPS) is 19.4. The highest BCUT2D eigenvalue weighted by Gasteiger charge is 2.51. The van der Waals surface area contributed by atoms with Gasteiger partial charge in [0.2, 0.25) is 11.8 Å². The molecular weight excluding hydrogens is 578 g/mol. The molecule has 1 aliphatic rings. The van der Waals surface area contributed by atoms with Crippen LogP contribution in [0.3, 0.4) is 0 Å². The van der Waals surface area contributed by atoms with E-state index in [1.807, 2.05) is 32.0 Å². The van der Waals surface area contributed by atoms with Crippen LogP contribution in [0.5, 0.6) is 11.5 Å². The molecule has 256 valence electrons. The molecule has 0 saturated carbocycles. The van der Waals surface area contributed by atoms with Gasteiger partial charge in [-0.3, -0.25) is 14.5 Å². The number of ether oxygens (including phenoxy) is 4. The Balaban J connectivity index is 2.34. The summed E-state index contributed by atoms with van der Waals surface area (Å²) in [6.07, 6.45) is 0.778. The molecule has 1 saturated heterocycles. The van der Waals surface area contributed by atoms with Crippen molar-refractivity contribution in [1.82, 2.24) is 10.2 Å². The Hall–Kier alpha value is -3.05. The summed E-state index contributed by atoms with van der Waals surface area (Å²) in [5.41, 5.74) is 4.60. The molecule has 0 spiro atoms. The first-order valence-corrected chi connectivity index (χ1v) is 16.0. The zero-order valence-electron chi connectivity index (χ0n) is 29.0. The minimum atomic E-state index is -1.07. The van der Waals surface area contributed by atoms with Crippen molar-refractivity contribution in [3.05, 3.63) is 23.8 Å². The van der Waals surface area contributed by atoms with Crippen molar-refractivity contribution in [3.8, 4) is 11.5 Å². The number of carbonyl (C=O) groups is 3. The molecule has 3 amide bonds. The molecule has 4 atom stereocenters. The average molecular weight is 636 g/mol. The van der Waals surface area contributed by atoms with E-state index < -0.39 is 41.2 Å². The molecule has 0 aliphatic carbocycles. The molecule has 4 N–H and O–H groups in total. The Morgan fingerprint density at radius 2 is 1.73 bits per heavy atom. The Morgan fingerprint density at radius 3 is 2.27 bits per heavy atom. The first-order chi connectivity index (χ1) is 20.9. The third-order valence-corrected chi connectivity index (χ3v) is 8.95. The fraction of sp³-hybridized carbons (Fsp3) is 0.735. The predicted octanol–water partition coefficient (Wildman–Crippen LogP) is 5.09. The monoisotopic (exact) mass is 635 g/mol. The van der Waals surface area contributed by atoms with Crippen LogP contribution in [0.25, 0.3) is 0 Å². The maximum absolute atomic E-state index is 13.4. The smallest absolute Gasteiger partial charge is 0.409 e. The fourth-order valence-electron chi connectivity index (χ4n) is 5.91. The standard InChI is InChI=1S/C34H57N3O8/c1-21(2)24(16-23-12-13-27(43-10)29(17-23)44-15-11-14-42-9)18-26-28(45-34(7,8)37(26)32(40)41)19-25(22(3)4)30(38)36-20-33(5,6)31(35)39/h12-13,17,21-22,24-26,28H,11,14-16,18-20H2,1-10H3,(H2,35,39)(H,36,38)(H,40,41)/t24-,25?,26?,28?/m1/s1. The summed E-state index contributed by atoms with van der Waals surface area (Å²) in [6.45, 7) is 16.3. The van der Waals surface area contributed by atoms with Gasteiger partial charge in [-0.2, -0.15) is 0 Å². The fourth-order valence-corrected chi connectivity index (χ4v) is 5.91. The molecule has 1 heterocycles. The van der Waals surface area contributed by atoms with Crippen molar-refractivity contribution >= 4 is 17.9 Å². The van der Waals surface area contributed by atoms with Crippen molar-refractivity contribution in [1.29, 1.82) is 0 Å². The molecule has 1 aromatic rings. The molecule has 0 bridgehead atoms. The maximum atomic E-state index is 13.4. The van der Waals surface area contributed by atoms with Crippen LogP contribution in [0.2, 0.25) is 0 Å². The highest BCUT2D eigenvalue weighted by Crippen LogP contribution is 2.41. The summed E-state index contributed by atoms with van der Waals surface area (Å²) in [6, 6.07) is 5.45. The number of rotatable bonds is 18. The molecule has 2 rings (SSSR count). The zero-order chi connectivity index (χ0) is 34.1. The van der Waals surface area contributed by atoms with Gasteiger partial charge in [0.05, 0.1) is 31.3 Å². The largest absolute Gasteiger partial charge is 0.493 e. The van der Waals surface area contributed by atoms with Crippen LogP contribution in [0.4, 0.5) is 4.79 Å². The van der Waals surface area contributed by atoms with Crippen LogP contribution in [0.1, 0.15) is 80.2 Å². The lowest BCUT2D eigenvalue weighted by atomic mass is 9.80. The minimum absolute atomic E-state index is 0.0459. The van der Waals surface area contributed by atoms with Crippen LogP contribution >= 0.6 is 0 Å². The number of hydrogen-bond acceptors (Lipinski definition) is 7. The number of nitrogens with two attached hydrogens (primary N) is 1. The number of carbonyl (C=O) groups excluding carboxylic acids is 2. The number of nitrogens with one attached hydrogen (secondary N) is 1. The van der Waals surface area contributed by atoms with Gasteiger partial charge in [-0.05, 0) is 82.4 Å². The predicted molar refractivity (Wildman–Crippen MR) is 173 cm³/mol. The first-order valence-electron chi connectivity index (χ1n) is 16.0. The Labute approximate surface area is 269 Å². The van der Waals surface area contributed by atoms with Crippen molar-refractivity contribution in [2.75, 3.05) is 34.0 Å². The third-order valence-electron chi connectivity index (χ3n) is 8.95. The second-order valence-corrected chi connectivity index (χ2v) is 14.0. The summed E-state index contributed by atoms with van der Waals surface area (Å²) >= 11 is 0. The van der Waals surface area contributed by atoms with E-state index in [-0.39, 0.29) is 30.2 Å². The molecule has 1 aromatic carbocycles. The van der Waals surface area contributed by atoms with Gasteiger partial charge in [0.25, 0.3) is 0 Å². The van der Waals surface area contributed by atoms with Crippen molar-refractivity contribution in [2.45, 2.75) is 98.9 Å². The number of hydrogen-bond donors (Lipinski definition) is 3. The molecule has 3 unspecified atom stereocenters. The molecule has 11 nitrogen and oxygen atoms in total. The van der Waals surface area contributed by atoms with Gasteiger partial charge in [0, 0.05) is 32.6 Å². The second kappa shape index (κ2) is 16.5. The number of primary amides is 1. The van der Waals surface area contributed by atoms with Crippen molar-refractivity contribution in [2.24, 2.45) is 34.8 Å². The van der Waals surface area contributed by atoms with E-state index in [0.29, 0.717) is 44.0 Å². The third kappa shape index (κ3) is 10.5. The van der Waals surface area contributed by atoms with Gasteiger partial charge >= 0.3 is 6.09 Å². The van der Waals surface area contributed by atoms with Crippen LogP contribution in [0.15, 0.2) is 18.2 Å². The molecule has 1 aliphatic heterocycles. The average Bonchev–Trinajstić information content (AvgIpc) is 3.20. The molecule has 0 aromatic heterocycles. The van der Waals surface area contributed by atoms with Gasteiger partial charge in [-0.25, -0.2) is 4.79 Å². The number of methoxy groups -OCH3 is 2. The highest BCUT2D eigenvalue weighted by molar-refractivity contribution is 5.83. The Kier molecular flexibility index (Phi) is 14.0. The molecule has 1 fully saturated rings. The summed E-state index contributed by atoms with van der Waals surface area (Å²) in [5.74, 6) is 0.450. The number of benzene rings is 1. The van der Waals surface area contributed by atoms with E-state index in [0.717, 1.165) is 12.0 Å². The number of amides is 3. The van der Waals surface area contributed by atoms with Crippen LogP contribution < -0.4 is 20.5 Å². The van der Waals surface area contributed by atoms with Gasteiger partial charge < -0.3 is 35.1 Å². The van der Waals surface area contributed by atoms with E-state index in [2.05, 4.69) is 19.2 Å².